The van der Waals surface area contributed by atoms with Gasteiger partial charge in [0.05, 0.1) is 16.5 Å². The van der Waals surface area contributed by atoms with Gasteiger partial charge in [-0.1, -0.05) is 11.8 Å². The molecule has 0 aliphatic rings. The van der Waals surface area contributed by atoms with E-state index in [2.05, 4.69) is 4.98 Å². The fraction of sp³-hybridized carbons (Fsp3) is 0. The Morgan fingerprint density at radius 2 is 1.89 bits per heavy atom. The van der Waals surface area contributed by atoms with Gasteiger partial charge in [0, 0.05) is 11.9 Å². The number of nitrogens with two attached hydrogens (primary N) is 1. The van der Waals surface area contributed by atoms with Crippen LogP contribution in [-0.2, 0) is 0 Å². The lowest BCUT2D eigenvalue weighted by Crippen LogP contribution is -1.93. The minimum atomic E-state index is -0.748. The molecule has 0 aliphatic carbocycles. The normalized spacial score (nSPS) is 10.1. The van der Waals surface area contributed by atoms with Gasteiger partial charge in [-0.15, -0.1) is 0 Å². The lowest BCUT2D eigenvalue weighted by Gasteiger charge is -2.05. The predicted molar refractivity (Wildman–Crippen MR) is 63.8 cm³/mol. The summed E-state index contributed by atoms with van der Waals surface area (Å²) in [6.45, 7) is 0. The Hall–Kier alpha value is -2.13. The Bertz CT molecular complexity index is 614. The molecule has 0 fully saturated rings. The van der Waals surface area contributed by atoms with Crippen LogP contribution in [0.3, 0.4) is 0 Å². The van der Waals surface area contributed by atoms with Crippen molar-refractivity contribution in [2.45, 2.75) is 9.92 Å². The Balaban J connectivity index is 2.37. The quantitative estimate of drug-likeness (QED) is 0.846. The molecule has 0 amide bonds. The van der Waals surface area contributed by atoms with Crippen molar-refractivity contribution in [2.24, 2.45) is 0 Å². The van der Waals surface area contributed by atoms with E-state index in [1.807, 2.05) is 6.07 Å². The highest BCUT2D eigenvalue weighted by Crippen LogP contribution is 2.32. The van der Waals surface area contributed by atoms with Gasteiger partial charge in [-0.3, -0.25) is 0 Å². The van der Waals surface area contributed by atoms with Crippen LogP contribution in [0, 0.1) is 23.0 Å². The second-order valence-electron chi connectivity index (χ2n) is 3.41. The minimum absolute atomic E-state index is 0.0214. The van der Waals surface area contributed by atoms with E-state index in [0.29, 0.717) is 10.6 Å². The van der Waals surface area contributed by atoms with Crippen LogP contribution in [0.2, 0.25) is 0 Å². The van der Waals surface area contributed by atoms with E-state index in [-0.39, 0.29) is 10.6 Å². The van der Waals surface area contributed by atoms with E-state index < -0.39 is 11.6 Å². The van der Waals surface area contributed by atoms with Gasteiger partial charge in [0.25, 0.3) is 0 Å². The van der Waals surface area contributed by atoms with Crippen LogP contribution in [0.25, 0.3) is 0 Å². The first-order chi connectivity index (χ1) is 8.60. The highest BCUT2D eigenvalue weighted by Gasteiger charge is 2.12. The number of anilines is 1. The maximum absolute atomic E-state index is 13.5. The molecule has 1 heterocycles. The van der Waals surface area contributed by atoms with Gasteiger partial charge >= 0.3 is 0 Å². The molecule has 2 aromatic rings. The van der Waals surface area contributed by atoms with Gasteiger partial charge in [0.15, 0.2) is 0 Å². The van der Waals surface area contributed by atoms with Crippen LogP contribution < -0.4 is 5.73 Å². The van der Waals surface area contributed by atoms with Crippen LogP contribution >= 0.6 is 11.8 Å². The van der Waals surface area contributed by atoms with Crippen molar-refractivity contribution in [2.75, 3.05) is 5.73 Å². The summed E-state index contributed by atoms with van der Waals surface area (Å²) >= 11 is 0.811. The van der Waals surface area contributed by atoms with Crippen molar-refractivity contribution in [3.05, 3.63) is 47.7 Å². The maximum atomic E-state index is 13.5. The molecule has 18 heavy (non-hydrogen) atoms. The third-order valence-corrected chi connectivity index (χ3v) is 3.12. The summed E-state index contributed by atoms with van der Waals surface area (Å²) in [4.78, 5) is 3.75. The number of nitriles is 1. The number of hydrogen-bond donors (Lipinski definition) is 1. The summed E-state index contributed by atoms with van der Waals surface area (Å²) < 4.78 is 27.1. The molecule has 6 heteroatoms. The summed E-state index contributed by atoms with van der Waals surface area (Å²) in [6, 6.07) is 6.98. The van der Waals surface area contributed by atoms with Crippen molar-refractivity contribution >= 4 is 17.4 Å². The van der Waals surface area contributed by atoms with Crippen LogP contribution in [-0.4, -0.2) is 4.98 Å². The van der Waals surface area contributed by atoms with E-state index in [1.165, 1.54) is 18.3 Å². The zero-order valence-electron chi connectivity index (χ0n) is 9.02. The molecule has 2 N–H and O–H groups in total. The van der Waals surface area contributed by atoms with Crippen LogP contribution in [0.5, 0.6) is 0 Å². The first kappa shape index (κ1) is 12.3. The molecule has 0 saturated carbocycles. The van der Waals surface area contributed by atoms with Gasteiger partial charge in [-0.05, 0) is 24.3 Å². The molecular formula is C12H7F2N3S. The molecule has 0 bridgehead atoms. The molecule has 1 aromatic heterocycles. The third-order valence-electron chi connectivity index (χ3n) is 2.09. The Labute approximate surface area is 106 Å². The van der Waals surface area contributed by atoms with Gasteiger partial charge in [0.1, 0.15) is 16.7 Å². The number of benzene rings is 1. The standard InChI is InChI=1S/C12H7F2N3S/c13-9-4-8(16)5-10(14)12(9)18-11-3-7(6-15)1-2-17-11/h1-5H,16H2. The average Bonchev–Trinajstić information content (AvgIpc) is 2.34. The summed E-state index contributed by atoms with van der Waals surface area (Å²) in [5, 5.41) is 9.07. The highest BCUT2D eigenvalue weighted by molar-refractivity contribution is 7.99. The number of nitrogens with zero attached hydrogens (tertiary/aromatic N) is 2. The summed E-state index contributed by atoms with van der Waals surface area (Å²) in [7, 11) is 0. The molecule has 0 aliphatic heterocycles. The van der Waals surface area contributed by atoms with Crippen LogP contribution in [0.1, 0.15) is 5.56 Å². The van der Waals surface area contributed by atoms with E-state index in [4.69, 9.17) is 11.0 Å². The van der Waals surface area contributed by atoms with Gasteiger partial charge in [-0.2, -0.15) is 5.26 Å². The third kappa shape index (κ3) is 2.57. The smallest absolute Gasteiger partial charge is 0.142 e. The fourth-order valence-corrected chi connectivity index (χ4v) is 2.14. The van der Waals surface area contributed by atoms with Crippen molar-refractivity contribution in [1.82, 2.24) is 4.98 Å². The number of pyridine rings is 1. The maximum Gasteiger partial charge on any atom is 0.142 e. The molecule has 0 spiro atoms. The Morgan fingerprint density at radius 1 is 1.22 bits per heavy atom. The lowest BCUT2D eigenvalue weighted by molar-refractivity contribution is 0.541. The SMILES string of the molecule is N#Cc1ccnc(Sc2c(F)cc(N)cc2F)c1. The fourth-order valence-electron chi connectivity index (χ4n) is 1.32. The molecule has 1 aromatic carbocycles. The van der Waals surface area contributed by atoms with Gasteiger partial charge < -0.3 is 5.73 Å². The topological polar surface area (TPSA) is 62.7 Å². The molecule has 3 nitrogen and oxygen atoms in total. The first-order valence-electron chi connectivity index (χ1n) is 4.88. The average molecular weight is 263 g/mol. The van der Waals surface area contributed by atoms with Crippen molar-refractivity contribution in [3.63, 3.8) is 0 Å². The van der Waals surface area contributed by atoms with Crippen LogP contribution in [0.15, 0.2) is 40.4 Å². The van der Waals surface area contributed by atoms with E-state index >= 15 is 0 Å². The van der Waals surface area contributed by atoms with Gasteiger partial charge in [-0.25, -0.2) is 13.8 Å². The summed E-state index contributed by atoms with van der Waals surface area (Å²) in [5.74, 6) is -1.50. The minimum Gasteiger partial charge on any atom is -0.399 e. The van der Waals surface area contributed by atoms with E-state index in [9.17, 15) is 8.78 Å². The summed E-state index contributed by atoms with van der Waals surface area (Å²) in [6.07, 6.45) is 1.41. The number of aromatic nitrogens is 1. The highest BCUT2D eigenvalue weighted by atomic mass is 32.2. The molecular weight excluding hydrogens is 256 g/mol. The van der Waals surface area contributed by atoms with Crippen molar-refractivity contribution in [1.29, 1.82) is 5.26 Å². The molecule has 0 saturated heterocycles. The molecule has 0 radical (unpaired) electrons. The molecule has 0 atom stereocenters. The zero-order chi connectivity index (χ0) is 13.1. The largest absolute Gasteiger partial charge is 0.399 e. The number of nitrogen functional groups attached to an aromatic ring is 1. The first-order valence-corrected chi connectivity index (χ1v) is 5.70. The number of rotatable bonds is 2. The van der Waals surface area contributed by atoms with Crippen molar-refractivity contribution < 1.29 is 8.78 Å². The molecule has 2 rings (SSSR count). The lowest BCUT2D eigenvalue weighted by atomic mass is 10.3. The number of hydrogen-bond acceptors (Lipinski definition) is 4. The number of halogens is 2. The predicted octanol–water partition coefficient (Wildman–Crippen LogP) is 2.96. The van der Waals surface area contributed by atoms with Gasteiger partial charge in [0.2, 0.25) is 0 Å². The van der Waals surface area contributed by atoms with Crippen molar-refractivity contribution in [3.8, 4) is 6.07 Å². The Kier molecular flexibility index (Phi) is 3.44. The molecule has 0 unspecified atom stereocenters. The Morgan fingerprint density at radius 3 is 2.50 bits per heavy atom. The second-order valence-corrected chi connectivity index (χ2v) is 4.44. The van der Waals surface area contributed by atoms with E-state index in [0.717, 1.165) is 23.9 Å². The molecule has 90 valence electrons. The van der Waals surface area contributed by atoms with E-state index in [1.54, 1.807) is 0 Å². The zero-order valence-corrected chi connectivity index (χ0v) is 9.84. The second kappa shape index (κ2) is 5.02. The van der Waals surface area contributed by atoms with Crippen LogP contribution in [0.4, 0.5) is 14.5 Å². The monoisotopic (exact) mass is 263 g/mol. The summed E-state index contributed by atoms with van der Waals surface area (Å²) in [5.41, 5.74) is 5.72.